The van der Waals surface area contributed by atoms with Gasteiger partial charge in [-0.3, -0.25) is 4.79 Å². The van der Waals surface area contributed by atoms with Crippen molar-refractivity contribution in [1.29, 1.82) is 0 Å². The molecule has 17 heavy (non-hydrogen) atoms. The van der Waals surface area contributed by atoms with E-state index in [0.29, 0.717) is 19.4 Å². The summed E-state index contributed by atoms with van der Waals surface area (Å²) in [5.74, 6) is -0.784. The van der Waals surface area contributed by atoms with Crippen molar-refractivity contribution in [2.45, 2.75) is 57.4 Å². The SMILES string of the molecule is CC1(NC(=O)NCCCCC(=O)O)CCCC1. The lowest BCUT2D eigenvalue weighted by Crippen LogP contribution is -2.48. The van der Waals surface area contributed by atoms with Gasteiger partial charge >= 0.3 is 12.0 Å². The maximum Gasteiger partial charge on any atom is 0.315 e. The molecule has 1 aliphatic carbocycles. The zero-order valence-corrected chi connectivity index (χ0v) is 10.4. The van der Waals surface area contributed by atoms with Gasteiger partial charge in [0.2, 0.25) is 0 Å². The van der Waals surface area contributed by atoms with Crippen molar-refractivity contribution in [3.8, 4) is 0 Å². The maximum atomic E-state index is 11.6. The summed E-state index contributed by atoms with van der Waals surface area (Å²) in [5, 5.41) is 14.2. The lowest BCUT2D eigenvalue weighted by atomic mass is 10.0. The molecule has 0 spiro atoms. The fourth-order valence-electron chi connectivity index (χ4n) is 2.20. The average molecular weight is 242 g/mol. The summed E-state index contributed by atoms with van der Waals surface area (Å²) in [4.78, 5) is 21.8. The van der Waals surface area contributed by atoms with Crippen molar-refractivity contribution in [3.63, 3.8) is 0 Å². The van der Waals surface area contributed by atoms with Crippen molar-refractivity contribution >= 4 is 12.0 Å². The van der Waals surface area contributed by atoms with Crippen molar-refractivity contribution < 1.29 is 14.7 Å². The van der Waals surface area contributed by atoms with E-state index in [0.717, 1.165) is 12.8 Å². The van der Waals surface area contributed by atoms with Crippen LogP contribution in [0.3, 0.4) is 0 Å². The Hall–Kier alpha value is -1.26. The lowest BCUT2D eigenvalue weighted by Gasteiger charge is -2.25. The van der Waals surface area contributed by atoms with Crippen molar-refractivity contribution in [1.82, 2.24) is 10.6 Å². The zero-order valence-electron chi connectivity index (χ0n) is 10.4. The third kappa shape index (κ3) is 5.56. The fraction of sp³-hybridized carbons (Fsp3) is 0.833. The second-order valence-corrected chi connectivity index (χ2v) is 5.00. The van der Waals surface area contributed by atoms with Gasteiger partial charge in [0.1, 0.15) is 0 Å². The second kappa shape index (κ2) is 6.47. The number of hydrogen-bond acceptors (Lipinski definition) is 2. The molecule has 2 amide bonds. The summed E-state index contributed by atoms with van der Waals surface area (Å²) < 4.78 is 0. The van der Waals surface area contributed by atoms with Crippen molar-refractivity contribution in [2.75, 3.05) is 6.54 Å². The Morgan fingerprint density at radius 3 is 2.47 bits per heavy atom. The van der Waals surface area contributed by atoms with Gasteiger partial charge in [0.05, 0.1) is 0 Å². The van der Waals surface area contributed by atoms with Gasteiger partial charge in [-0.15, -0.1) is 0 Å². The first-order chi connectivity index (χ1) is 8.02. The molecule has 5 nitrogen and oxygen atoms in total. The van der Waals surface area contributed by atoms with Gasteiger partial charge in [0.25, 0.3) is 0 Å². The van der Waals surface area contributed by atoms with Gasteiger partial charge in [0, 0.05) is 18.5 Å². The minimum absolute atomic E-state index is 0.0504. The predicted octanol–water partition coefficient (Wildman–Crippen LogP) is 1.87. The highest BCUT2D eigenvalue weighted by Crippen LogP contribution is 2.28. The number of urea groups is 1. The first kappa shape index (κ1) is 13.8. The number of carbonyl (C=O) groups is 2. The number of amides is 2. The zero-order chi connectivity index (χ0) is 12.7. The molecule has 1 saturated carbocycles. The summed E-state index contributed by atoms with van der Waals surface area (Å²) in [5.41, 5.74) is -0.0504. The number of aliphatic carboxylic acids is 1. The highest BCUT2D eigenvalue weighted by Gasteiger charge is 2.29. The standard InChI is InChI=1S/C12H22N2O3/c1-12(7-3-4-8-12)14-11(17)13-9-5-2-6-10(15)16/h2-9H2,1H3,(H,15,16)(H2,13,14,17). The first-order valence-electron chi connectivity index (χ1n) is 6.30. The minimum Gasteiger partial charge on any atom is -0.481 e. The Kier molecular flexibility index (Phi) is 5.25. The Bertz CT molecular complexity index is 273. The van der Waals surface area contributed by atoms with Crippen LogP contribution in [0.4, 0.5) is 4.79 Å². The predicted molar refractivity (Wildman–Crippen MR) is 64.9 cm³/mol. The fourth-order valence-corrected chi connectivity index (χ4v) is 2.20. The molecule has 0 radical (unpaired) electrons. The van der Waals surface area contributed by atoms with Crippen LogP contribution in [0.2, 0.25) is 0 Å². The van der Waals surface area contributed by atoms with Crippen LogP contribution in [0, 0.1) is 0 Å². The smallest absolute Gasteiger partial charge is 0.315 e. The van der Waals surface area contributed by atoms with Gasteiger partial charge in [-0.2, -0.15) is 0 Å². The number of carbonyl (C=O) groups excluding carboxylic acids is 1. The Morgan fingerprint density at radius 1 is 1.24 bits per heavy atom. The van der Waals surface area contributed by atoms with Crippen LogP contribution in [-0.4, -0.2) is 29.2 Å². The molecule has 3 N–H and O–H groups in total. The molecule has 1 rings (SSSR count). The van der Waals surface area contributed by atoms with Crippen molar-refractivity contribution in [2.24, 2.45) is 0 Å². The van der Waals surface area contributed by atoms with Gasteiger partial charge < -0.3 is 15.7 Å². The summed E-state index contributed by atoms with van der Waals surface area (Å²) in [6.45, 7) is 2.61. The van der Waals surface area contributed by atoms with Crippen LogP contribution >= 0.6 is 0 Å². The van der Waals surface area contributed by atoms with Crippen LogP contribution < -0.4 is 10.6 Å². The van der Waals surface area contributed by atoms with E-state index in [-0.39, 0.29) is 18.0 Å². The molecule has 0 unspecified atom stereocenters. The monoisotopic (exact) mass is 242 g/mol. The molecule has 0 aliphatic heterocycles. The van der Waals surface area contributed by atoms with Crippen LogP contribution in [-0.2, 0) is 4.79 Å². The molecule has 0 atom stereocenters. The molecule has 0 aromatic rings. The lowest BCUT2D eigenvalue weighted by molar-refractivity contribution is -0.137. The molecule has 1 fully saturated rings. The molecular formula is C12H22N2O3. The molecular weight excluding hydrogens is 220 g/mol. The summed E-state index contributed by atoms with van der Waals surface area (Å²) in [6, 6.07) is -0.135. The number of rotatable bonds is 6. The van der Waals surface area contributed by atoms with Crippen LogP contribution in [0.15, 0.2) is 0 Å². The number of carboxylic acid groups (broad SMARTS) is 1. The topological polar surface area (TPSA) is 78.4 Å². The normalized spacial score (nSPS) is 17.7. The Morgan fingerprint density at radius 2 is 1.88 bits per heavy atom. The summed E-state index contributed by atoms with van der Waals surface area (Å²) in [7, 11) is 0. The Labute approximate surface area is 102 Å². The molecule has 1 aliphatic rings. The largest absolute Gasteiger partial charge is 0.481 e. The van der Waals surface area contributed by atoms with Crippen molar-refractivity contribution in [3.05, 3.63) is 0 Å². The van der Waals surface area contributed by atoms with E-state index in [2.05, 4.69) is 17.6 Å². The molecule has 98 valence electrons. The number of carboxylic acids is 1. The van der Waals surface area contributed by atoms with E-state index in [4.69, 9.17) is 5.11 Å². The second-order valence-electron chi connectivity index (χ2n) is 5.00. The number of unbranched alkanes of at least 4 members (excludes halogenated alkanes) is 1. The first-order valence-corrected chi connectivity index (χ1v) is 6.30. The molecule has 0 bridgehead atoms. The van der Waals surface area contributed by atoms with Gasteiger partial charge in [0.15, 0.2) is 0 Å². The van der Waals surface area contributed by atoms with Gasteiger partial charge in [-0.25, -0.2) is 4.79 Å². The van der Waals surface area contributed by atoms with Crippen LogP contribution in [0.1, 0.15) is 51.9 Å². The maximum absolute atomic E-state index is 11.6. The number of nitrogens with one attached hydrogen (secondary N) is 2. The molecule has 0 saturated heterocycles. The quantitative estimate of drug-likeness (QED) is 0.622. The Balaban J connectivity index is 2.07. The summed E-state index contributed by atoms with van der Waals surface area (Å²) >= 11 is 0. The molecule has 0 aromatic heterocycles. The summed E-state index contributed by atoms with van der Waals surface area (Å²) in [6.07, 6.45) is 5.91. The highest BCUT2D eigenvalue weighted by molar-refractivity contribution is 5.74. The van der Waals surface area contributed by atoms with Gasteiger partial charge in [-0.05, 0) is 32.6 Å². The molecule has 5 heteroatoms. The minimum atomic E-state index is -0.784. The van der Waals surface area contributed by atoms with E-state index < -0.39 is 5.97 Å². The molecule has 0 heterocycles. The van der Waals surface area contributed by atoms with E-state index in [1.165, 1.54) is 12.8 Å². The van der Waals surface area contributed by atoms with E-state index in [1.54, 1.807) is 0 Å². The van der Waals surface area contributed by atoms with Crippen LogP contribution in [0.5, 0.6) is 0 Å². The van der Waals surface area contributed by atoms with Crippen LogP contribution in [0.25, 0.3) is 0 Å². The highest BCUT2D eigenvalue weighted by atomic mass is 16.4. The van der Waals surface area contributed by atoms with E-state index >= 15 is 0 Å². The third-order valence-electron chi connectivity index (χ3n) is 3.23. The number of hydrogen-bond donors (Lipinski definition) is 3. The molecule has 0 aromatic carbocycles. The third-order valence-corrected chi connectivity index (χ3v) is 3.23. The van der Waals surface area contributed by atoms with E-state index in [9.17, 15) is 9.59 Å². The van der Waals surface area contributed by atoms with E-state index in [1.807, 2.05) is 0 Å². The average Bonchev–Trinajstić information content (AvgIpc) is 2.63. The van der Waals surface area contributed by atoms with Gasteiger partial charge in [-0.1, -0.05) is 12.8 Å².